The molecular weight excluding hydrogens is 366 g/mol. The Bertz CT molecular complexity index is 858. The molecule has 4 N–H and O–H groups in total. The molecule has 2 rings (SSSR count). The molecule has 0 aliphatic carbocycles. The van der Waals surface area contributed by atoms with Gasteiger partial charge in [-0.3, -0.25) is 0 Å². The van der Waals surface area contributed by atoms with Gasteiger partial charge in [-0.05, 0) is 31.5 Å². The third-order valence-corrected chi connectivity index (χ3v) is 4.68. The highest BCUT2D eigenvalue weighted by molar-refractivity contribution is 7.89. The summed E-state index contributed by atoms with van der Waals surface area (Å²) in [6.45, 7) is 7.94. The van der Waals surface area contributed by atoms with Gasteiger partial charge in [-0.1, -0.05) is 19.1 Å². The number of nitrogens with two attached hydrogens (primary N) is 1. The van der Waals surface area contributed by atoms with Gasteiger partial charge >= 0.3 is 0 Å². The second kappa shape index (κ2) is 9.47. The average molecular weight is 394 g/mol. The number of nitrogens with zero attached hydrogens (tertiary/aromatic N) is 4. The Morgan fingerprint density at radius 2 is 2.00 bits per heavy atom. The lowest BCUT2D eigenvalue weighted by Crippen LogP contribution is -2.42. The molecule has 1 aromatic heterocycles. The first-order valence-corrected chi connectivity index (χ1v) is 10.4. The number of guanidine groups is 1. The minimum absolute atomic E-state index is 0.0922. The predicted molar refractivity (Wildman–Crippen MR) is 105 cm³/mol. The number of aliphatic imine (C=N–C) groups is 1. The summed E-state index contributed by atoms with van der Waals surface area (Å²) in [5, 5.41) is 19.7. The molecule has 148 valence electrons. The SMILES string of the molecule is CCc1nncn1CCNC(=NCc1ccc(S(N)(=O)=O)cc1)NC(C)C. The van der Waals surface area contributed by atoms with Crippen LogP contribution in [0, 0.1) is 0 Å². The summed E-state index contributed by atoms with van der Waals surface area (Å²) >= 11 is 0. The number of hydrogen-bond acceptors (Lipinski definition) is 5. The monoisotopic (exact) mass is 393 g/mol. The molecule has 0 bridgehead atoms. The van der Waals surface area contributed by atoms with Crippen LogP contribution in [-0.2, 0) is 29.5 Å². The maximum Gasteiger partial charge on any atom is 0.238 e. The molecule has 1 heterocycles. The largest absolute Gasteiger partial charge is 0.355 e. The lowest BCUT2D eigenvalue weighted by molar-refractivity contribution is 0.597. The fourth-order valence-electron chi connectivity index (χ4n) is 2.42. The van der Waals surface area contributed by atoms with Crippen molar-refractivity contribution in [2.24, 2.45) is 10.1 Å². The van der Waals surface area contributed by atoms with Crippen molar-refractivity contribution < 1.29 is 8.42 Å². The summed E-state index contributed by atoms with van der Waals surface area (Å²) in [7, 11) is -3.68. The summed E-state index contributed by atoms with van der Waals surface area (Å²) < 4.78 is 24.6. The topological polar surface area (TPSA) is 127 Å². The van der Waals surface area contributed by atoms with Crippen LogP contribution < -0.4 is 15.8 Å². The molecule has 2 aromatic rings. The van der Waals surface area contributed by atoms with Crippen LogP contribution in [-0.4, -0.2) is 41.7 Å². The van der Waals surface area contributed by atoms with E-state index in [9.17, 15) is 8.42 Å². The van der Waals surface area contributed by atoms with E-state index in [4.69, 9.17) is 5.14 Å². The molecule has 0 atom stereocenters. The molecule has 0 saturated heterocycles. The zero-order valence-corrected chi connectivity index (χ0v) is 16.7. The van der Waals surface area contributed by atoms with Gasteiger partial charge in [-0.15, -0.1) is 10.2 Å². The Kier molecular flexibility index (Phi) is 7.31. The first-order chi connectivity index (χ1) is 12.8. The van der Waals surface area contributed by atoms with Gasteiger partial charge in [0.05, 0.1) is 11.4 Å². The number of aryl methyl sites for hydroxylation is 1. The summed E-state index contributed by atoms with van der Waals surface area (Å²) in [6.07, 6.45) is 2.56. The van der Waals surface area contributed by atoms with Crippen LogP contribution in [0.4, 0.5) is 0 Å². The zero-order chi connectivity index (χ0) is 19.9. The van der Waals surface area contributed by atoms with Crippen molar-refractivity contribution in [3.63, 3.8) is 0 Å². The van der Waals surface area contributed by atoms with Crippen molar-refractivity contribution in [2.45, 2.75) is 51.2 Å². The number of primary sulfonamides is 1. The molecule has 1 aromatic carbocycles. The van der Waals surface area contributed by atoms with Crippen LogP contribution in [0.2, 0.25) is 0 Å². The van der Waals surface area contributed by atoms with Crippen molar-refractivity contribution >= 4 is 16.0 Å². The number of hydrogen-bond donors (Lipinski definition) is 3. The highest BCUT2D eigenvalue weighted by Gasteiger charge is 2.07. The van der Waals surface area contributed by atoms with E-state index in [1.165, 1.54) is 12.1 Å². The molecule has 0 amide bonds. The number of sulfonamides is 1. The van der Waals surface area contributed by atoms with Gasteiger partial charge in [0, 0.05) is 25.6 Å². The summed E-state index contributed by atoms with van der Waals surface area (Å²) in [5.74, 6) is 1.63. The predicted octanol–water partition coefficient (Wildman–Crippen LogP) is 0.632. The Morgan fingerprint density at radius 1 is 1.30 bits per heavy atom. The molecule has 0 aliphatic rings. The number of rotatable bonds is 8. The summed E-state index contributed by atoms with van der Waals surface area (Å²) in [4.78, 5) is 4.65. The van der Waals surface area contributed by atoms with Crippen LogP contribution in [0.3, 0.4) is 0 Å². The second-order valence-corrected chi connectivity index (χ2v) is 7.94. The standard InChI is InChI=1S/C17H27N7O2S/c1-4-16-23-21-12-24(16)10-9-19-17(22-13(2)3)20-11-14-5-7-15(8-6-14)27(18,25)26/h5-8,12-13H,4,9-11H2,1-3H3,(H2,18,25,26)(H2,19,20,22). The third kappa shape index (κ3) is 6.65. The van der Waals surface area contributed by atoms with Gasteiger partial charge < -0.3 is 15.2 Å². The number of benzene rings is 1. The quantitative estimate of drug-likeness (QED) is 0.446. The molecule has 0 radical (unpaired) electrons. The van der Waals surface area contributed by atoms with Crippen LogP contribution in [0.1, 0.15) is 32.2 Å². The Hall–Kier alpha value is -2.46. The molecule has 10 heteroatoms. The lowest BCUT2D eigenvalue weighted by Gasteiger charge is -2.15. The van der Waals surface area contributed by atoms with Gasteiger partial charge in [0.25, 0.3) is 0 Å². The van der Waals surface area contributed by atoms with E-state index in [-0.39, 0.29) is 10.9 Å². The second-order valence-electron chi connectivity index (χ2n) is 6.37. The third-order valence-electron chi connectivity index (χ3n) is 3.75. The summed E-state index contributed by atoms with van der Waals surface area (Å²) in [6, 6.07) is 6.62. The van der Waals surface area contributed by atoms with Crippen LogP contribution >= 0.6 is 0 Å². The van der Waals surface area contributed by atoms with Gasteiger partial charge in [0.2, 0.25) is 10.0 Å². The Labute approximate surface area is 160 Å². The van der Waals surface area contributed by atoms with E-state index >= 15 is 0 Å². The Morgan fingerprint density at radius 3 is 2.59 bits per heavy atom. The van der Waals surface area contributed by atoms with Crippen molar-refractivity contribution in [1.82, 2.24) is 25.4 Å². The Balaban J connectivity index is 1.98. The van der Waals surface area contributed by atoms with E-state index in [2.05, 4.69) is 25.8 Å². The van der Waals surface area contributed by atoms with Gasteiger partial charge in [0.1, 0.15) is 12.2 Å². The summed E-state index contributed by atoms with van der Waals surface area (Å²) in [5.41, 5.74) is 0.888. The molecular formula is C17H27N7O2S. The fraction of sp³-hybridized carbons (Fsp3) is 0.471. The van der Waals surface area contributed by atoms with Crippen molar-refractivity contribution in [1.29, 1.82) is 0 Å². The van der Waals surface area contributed by atoms with Gasteiger partial charge in [-0.2, -0.15) is 0 Å². The fourth-order valence-corrected chi connectivity index (χ4v) is 2.93. The van der Waals surface area contributed by atoms with Gasteiger partial charge in [-0.25, -0.2) is 18.5 Å². The van der Waals surface area contributed by atoms with Crippen LogP contribution in [0.25, 0.3) is 0 Å². The maximum atomic E-state index is 11.3. The highest BCUT2D eigenvalue weighted by atomic mass is 32.2. The highest BCUT2D eigenvalue weighted by Crippen LogP contribution is 2.09. The van der Waals surface area contributed by atoms with Crippen LogP contribution in [0.15, 0.2) is 40.5 Å². The number of nitrogens with one attached hydrogen (secondary N) is 2. The average Bonchev–Trinajstić information content (AvgIpc) is 3.06. The first kappa shape index (κ1) is 20.8. The van der Waals surface area contributed by atoms with Crippen molar-refractivity contribution in [3.8, 4) is 0 Å². The first-order valence-electron chi connectivity index (χ1n) is 8.83. The van der Waals surface area contributed by atoms with Crippen LogP contribution in [0.5, 0.6) is 0 Å². The molecule has 27 heavy (non-hydrogen) atoms. The lowest BCUT2D eigenvalue weighted by atomic mass is 10.2. The maximum absolute atomic E-state index is 11.3. The molecule has 0 spiro atoms. The van der Waals surface area contributed by atoms with Crippen molar-refractivity contribution in [2.75, 3.05) is 6.54 Å². The molecule has 0 aliphatic heterocycles. The van der Waals surface area contributed by atoms with E-state index < -0.39 is 10.0 Å². The molecule has 0 saturated carbocycles. The van der Waals surface area contributed by atoms with E-state index in [0.29, 0.717) is 19.0 Å². The molecule has 0 unspecified atom stereocenters. The van der Waals surface area contributed by atoms with Crippen molar-refractivity contribution in [3.05, 3.63) is 42.0 Å². The smallest absolute Gasteiger partial charge is 0.238 e. The van der Waals surface area contributed by atoms with Gasteiger partial charge in [0.15, 0.2) is 5.96 Å². The van der Waals surface area contributed by atoms with E-state index in [1.807, 2.05) is 25.3 Å². The van der Waals surface area contributed by atoms with E-state index in [0.717, 1.165) is 24.4 Å². The minimum atomic E-state index is -3.68. The minimum Gasteiger partial charge on any atom is -0.355 e. The normalized spacial score (nSPS) is 12.4. The number of aromatic nitrogens is 3. The zero-order valence-electron chi connectivity index (χ0n) is 15.9. The molecule has 0 fully saturated rings. The van der Waals surface area contributed by atoms with E-state index in [1.54, 1.807) is 18.5 Å². The molecule has 9 nitrogen and oxygen atoms in total.